The molecule has 5 aliphatic rings. The highest BCUT2D eigenvalue weighted by atomic mass is 32.2. The van der Waals surface area contributed by atoms with Crippen molar-refractivity contribution in [1.82, 2.24) is 41.2 Å². The van der Waals surface area contributed by atoms with Crippen molar-refractivity contribution in [2.75, 3.05) is 26.0 Å². The maximum absolute atomic E-state index is 14.6. The molecule has 3 aliphatic heterocycles. The van der Waals surface area contributed by atoms with Gasteiger partial charge in [-0.25, -0.2) is 18.2 Å². The molecule has 5 fully saturated rings. The van der Waals surface area contributed by atoms with Gasteiger partial charge in [0, 0.05) is 47.9 Å². The van der Waals surface area contributed by atoms with Crippen LogP contribution in [0.2, 0.25) is 0 Å². The molecule has 0 radical (unpaired) electrons. The SMILES string of the molecule is C=CC(=O)NC[C@H](NC(=O)CCCC[C@H]1SC[C@H]2NC(=O)N[C@H]21)C(=O)N1CC(Oc2nccc3cc(OC)ccc23)C[C@H]1C(=O)N[C@]1(C(=O)NS(=O)(=O)C2CC2)C[C@H]1C=C. The smallest absolute Gasteiger partial charge is 0.315 e. The molecule has 2 aliphatic carbocycles. The molecule has 18 nitrogen and oxygen atoms in total. The maximum atomic E-state index is 14.6. The van der Waals surface area contributed by atoms with Crippen LogP contribution in [0.1, 0.15) is 51.4 Å². The van der Waals surface area contributed by atoms with Gasteiger partial charge in [-0.1, -0.05) is 19.1 Å². The van der Waals surface area contributed by atoms with E-state index in [1.165, 1.54) is 11.0 Å². The number of rotatable bonds is 19. The van der Waals surface area contributed by atoms with Gasteiger partial charge >= 0.3 is 6.03 Å². The number of sulfonamides is 1. The lowest BCUT2D eigenvalue weighted by Gasteiger charge is -2.30. The maximum Gasteiger partial charge on any atom is 0.315 e. The number of fused-ring (bicyclic) bond motifs is 2. The van der Waals surface area contributed by atoms with Crippen LogP contribution in [0.5, 0.6) is 11.6 Å². The van der Waals surface area contributed by atoms with Crippen LogP contribution in [0.3, 0.4) is 0 Å². The summed E-state index contributed by atoms with van der Waals surface area (Å²) in [5.74, 6) is -2.26. The van der Waals surface area contributed by atoms with E-state index in [1.54, 1.807) is 43.3 Å². The number of hydrogen-bond donors (Lipinski definition) is 6. The van der Waals surface area contributed by atoms with Gasteiger partial charge in [-0.05, 0) is 67.8 Å². The minimum atomic E-state index is -3.95. The number of pyridine rings is 1. The number of ether oxygens (including phenoxy) is 2. The third kappa shape index (κ3) is 9.33. The zero-order valence-electron chi connectivity index (χ0n) is 33.1. The van der Waals surface area contributed by atoms with E-state index < -0.39 is 74.5 Å². The lowest BCUT2D eigenvalue weighted by Crippen LogP contribution is -2.59. The van der Waals surface area contributed by atoms with Crippen LogP contribution in [0.15, 0.2) is 55.8 Å². The van der Waals surface area contributed by atoms with E-state index in [9.17, 15) is 37.2 Å². The molecule has 6 N–H and O–H groups in total. The van der Waals surface area contributed by atoms with Gasteiger partial charge in [0.25, 0.3) is 5.91 Å². The van der Waals surface area contributed by atoms with Gasteiger partial charge in [0.2, 0.25) is 39.5 Å². The quantitative estimate of drug-likeness (QED) is 0.0497. The van der Waals surface area contributed by atoms with Crippen LogP contribution in [-0.2, 0) is 34.0 Å². The van der Waals surface area contributed by atoms with Crippen LogP contribution in [0.4, 0.5) is 4.79 Å². The number of hydrogen-bond acceptors (Lipinski definition) is 12. The molecule has 322 valence electrons. The predicted molar refractivity (Wildman–Crippen MR) is 221 cm³/mol. The predicted octanol–water partition coefficient (Wildman–Crippen LogP) is 0.774. The molecule has 2 saturated carbocycles. The molecular formula is C40H50N8O10S2. The lowest BCUT2D eigenvalue weighted by molar-refractivity contribution is -0.142. The van der Waals surface area contributed by atoms with Gasteiger partial charge < -0.3 is 41.0 Å². The van der Waals surface area contributed by atoms with Crippen LogP contribution >= 0.6 is 11.8 Å². The number of thioether (sulfide) groups is 1. The minimum absolute atomic E-state index is 0.0349. The van der Waals surface area contributed by atoms with Crippen molar-refractivity contribution in [3.63, 3.8) is 0 Å². The first kappa shape index (κ1) is 42.7. The average Bonchev–Trinajstić information content (AvgIpc) is 4.10. The minimum Gasteiger partial charge on any atom is -0.497 e. The Morgan fingerprint density at radius 1 is 1.13 bits per heavy atom. The Kier molecular flexibility index (Phi) is 12.6. The van der Waals surface area contributed by atoms with Gasteiger partial charge in [0.1, 0.15) is 29.5 Å². The third-order valence-electron chi connectivity index (χ3n) is 11.7. The highest BCUT2D eigenvalue weighted by Gasteiger charge is 2.62. The number of unbranched alkanes of at least 4 members (excludes halogenated alkanes) is 1. The molecule has 0 spiro atoms. The number of nitrogens with one attached hydrogen (secondary N) is 6. The van der Waals surface area contributed by atoms with Crippen molar-refractivity contribution in [2.24, 2.45) is 5.92 Å². The zero-order chi connectivity index (χ0) is 42.8. The fourth-order valence-corrected chi connectivity index (χ4v) is 11.0. The Labute approximate surface area is 351 Å². The van der Waals surface area contributed by atoms with E-state index >= 15 is 0 Å². The molecule has 1 unspecified atom stereocenters. The Bertz CT molecular complexity index is 2190. The number of benzene rings is 1. The van der Waals surface area contributed by atoms with E-state index in [0.717, 1.165) is 23.6 Å². The highest BCUT2D eigenvalue weighted by Crippen LogP contribution is 2.45. The molecule has 7 amide bonds. The first-order valence-corrected chi connectivity index (χ1v) is 22.6. The summed E-state index contributed by atoms with van der Waals surface area (Å²) in [5.41, 5.74) is -1.62. The summed E-state index contributed by atoms with van der Waals surface area (Å²) >= 11 is 1.77. The van der Waals surface area contributed by atoms with E-state index in [4.69, 9.17) is 9.47 Å². The monoisotopic (exact) mass is 866 g/mol. The third-order valence-corrected chi connectivity index (χ3v) is 15.0. The largest absolute Gasteiger partial charge is 0.497 e. The zero-order valence-corrected chi connectivity index (χ0v) is 34.8. The van der Waals surface area contributed by atoms with Gasteiger partial charge in [-0.3, -0.25) is 28.7 Å². The number of likely N-dealkylation sites (tertiary alicyclic amines) is 1. The van der Waals surface area contributed by atoms with Gasteiger partial charge in [0.05, 0.1) is 31.0 Å². The second kappa shape index (κ2) is 17.7. The normalized spacial score (nSPS) is 27.1. The van der Waals surface area contributed by atoms with Crippen molar-refractivity contribution in [3.8, 4) is 11.6 Å². The van der Waals surface area contributed by atoms with Crippen molar-refractivity contribution >= 4 is 68.1 Å². The Hall–Kier alpha value is -5.37. The van der Waals surface area contributed by atoms with Crippen molar-refractivity contribution in [3.05, 3.63) is 55.8 Å². The summed E-state index contributed by atoms with van der Waals surface area (Å²) in [6, 6.07) is 4.50. The van der Waals surface area contributed by atoms with Crippen molar-refractivity contribution < 1.29 is 46.7 Å². The number of carbonyl (C=O) groups excluding carboxylic acids is 6. The standard InChI is InChI=1S/C40H50N8O10S2/c1-4-23-18-40(23,38(53)47-60(55,56)26-11-12-26)46-35(51)30-17-25(58-36-27-13-10-24(57-3)16-22(27)14-15-41-36)20-48(30)37(52)28(19-42-32(49)5-2)43-33(50)9-7-6-8-31-34-29(21-59-31)44-39(54)45-34/h4-5,10,13-16,23,25-26,28-31,34H,1-2,6-9,11-12,17-21H2,3H3,(H,42,49)(H,43,50)(H,46,51)(H,47,53)(H2,44,45,54)/t23-,25?,28+,29-,30+,31-,34-,40-/m1/s1. The number of amides is 7. The molecule has 4 heterocycles. The topological polar surface area (TPSA) is 243 Å². The molecule has 1 aromatic carbocycles. The number of aromatic nitrogens is 1. The second-order valence-corrected chi connectivity index (χ2v) is 19.0. The summed E-state index contributed by atoms with van der Waals surface area (Å²) in [7, 11) is -2.40. The highest BCUT2D eigenvalue weighted by molar-refractivity contribution is 8.00. The fourth-order valence-electron chi connectivity index (χ4n) is 8.12. The summed E-state index contributed by atoms with van der Waals surface area (Å²) in [6.07, 6.45) is 6.20. The van der Waals surface area contributed by atoms with E-state index in [-0.39, 0.29) is 61.6 Å². The molecule has 0 bridgehead atoms. The molecular weight excluding hydrogens is 817 g/mol. The summed E-state index contributed by atoms with van der Waals surface area (Å²) in [5, 5.41) is 14.9. The summed E-state index contributed by atoms with van der Waals surface area (Å²) in [4.78, 5) is 85.6. The number of methoxy groups -OCH3 is 1. The Morgan fingerprint density at radius 3 is 2.65 bits per heavy atom. The van der Waals surface area contributed by atoms with Crippen molar-refractivity contribution in [1.29, 1.82) is 0 Å². The van der Waals surface area contributed by atoms with Gasteiger partial charge in [-0.15, -0.1) is 6.58 Å². The number of urea groups is 1. The van der Waals surface area contributed by atoms with Crippen LogP contribution in [-0.4, -0.2) is 126 Å². The molecule has 60 heavy (non-hydrogen) atoms. The van der Waals surface area contributed by atoms with E-state index in [2.05, 4.69) is 49.4 Å². The second-order valence-electron chi connectivity index (χ2n) is 15.8. The van der Waals surface area contributed by atoms with Crippen LogP contribution in [0.25, 0.3) is 10.8 Å². The van der Waals surface area contributed by atoms with Crippen molar-refractivity contribution in [2.45, 2.75) is 97.7 Å². The van der Waals surface area contributed by atoms with Gasteiger partial charge in [-0.2, -0.15) is 11.8 Å². The van der Waals surface area contributed by atoms with E-state index in [1.807, 2.05) is 6.07 Å². The first-order valence-electron chi connectivity index (χ1n) is 20.0. The van der Waals surface area contributed by atoms with E-state index in [0.29, 0.717) is 36.8 Å². The number of nitrogens with zero attached hydrogens (tertiary/aromatic N) is 2. The van der Waals surface area contributed by atoms with Crippen LogP contribution in [0, 0.1) is 5.92 Å². The summed E-state index contributed by atoms with van der Waals surface area (Å²) < 4.78 is 39.4. The lowest BCUT2D eigenvalue weighted by atomic mass is 10.0. The van der Waals surface area contributed by atoms with Gasteiger partial charge in [0.15, 0.2) is 0 Å². The molecule has 2 aromatic rings. The fraction of sp³-hybridized carbons (Fsp3) is 0.525. The number of carbonyl (C=O) groups is 6. The molecule has 3 saturated heterocycles. The average molecular weight is 867 g/mol. The Morgan fingerprint density at radius 2 is 1.93 bits per heavy atom. The molecule has 1 aromatic heterocycles. The molecule has 20 heteroatoms. The summed E-state index contributed by atoms with van der Waals surface area (Å²) in [6.45, 7) is 6.76. The molecule has 8 atom stereocenters. The first-order chi connectivity index (χ1) is 28.7. The molecule has 7 rings (SSSR count). The Balaban J connectivity index is 1.08. The van der Waals surface area contributed by atoms with Crippen LogP contribution < -0.4 is 40.8 Å².